The lowest BCUT2D eigenvalue weighted by molar-refractivity contribution is -0.126. The van der Waals surface area contributed by atoms with Crippen molar-refractivity contribution in [3.63, 3.8) is 0 Å². The Morgan fingerprint density at radius 2 is 1.68 bits per heavy atom. The zero-order valence-electron chi connectivity index (χ0n) is 18.4. The average molecular weight is 423 g/mol. The van der Waals surface area contributed by atoms with E-state index in [0.29, 0.717) is 25.7 Å². The number of rotatable bonds is 7. The Bertz CT molecular complexity index is 878. The van der Waals surface area contributed by atoms with Gasteiger partial charge in [0.2, 0.25) is 5.91 Å². The van der Waals surface area contributed by atoms with E-state index < -0.39 is 0 Å². The lowest BCUT2D eigenvalue weighted by Gasteiger charge is -2.31. The summed E-state index contributed by atoms with van der Waals surface area (Å²) in [6.07, 6.45) is 9.00. The highest BCUT2D eigenvalue weighted by atomic mass is 16.5. The van der Waals surface area contributed by atoms with Crippen LogP contribution in [0.15, 0.2) is 42.5 Å². The normalized spacial score (nSPS) is 18.3. The molecule has 1 saturated heterocycles. The fourth-order valence-electron chi connectivity index (χ4n) is 4.84. The molecule has 1 aliphatic heterocycles. The van der Waals surface area contributed by atoms with E-state index in [1.807, 2.05) is 47.4 Å². The number of piperidine rings is 1. The summed E-state index contributed by atoms with van der Waals surface area (Å²) in [6.45, 7) is 2.65. The number of ether oxygens (including phenoxy) is 1. The van der Waals surface area contributed by atoms with Gasteiger partial charge in [-0.2, -0.15) is 0 Å². The number of benzene rings is 2. The third-order valence-electron chi connectivity index (χ3n) is 6.70. The summed E-state index contributed by atoms with van der Waals surface area (Å²) in [5.74, 6) is 0.182. The van der Waals surface area contributed by atoms with E-state index in [1.165, 1.54) is 32.1 Å². The molecule has 0 spiro atoms. The molecule has 5 nitrogen and oxygen atoms in total. The van der Waals surface area contributed by atoms with Crippen LogP contribution in [-0.2, 0) is 9.53 Å². The van der Waals surface area contributed by atoms with E-state index in [1.54, 1.807) is 0 Å². The van der Waals surface area contributed by atoms with Crippen LogP contribution in [0.4, 0.5) is 0 Å². The molecule has 2 fully saturated rings. The van der Waals surface area contributed by atoms with Gasteiger partial charge in [-0.1, -0.05) is 55.7 Å². The van der Waals surface area contributed by atoms with Gasteiger partial charge < -0.3 is 15.0 Å². The molecular formula is C26H34N2O3. The highest BCUT2D eigenvalue weighted by Crippen LogP contribution is 2.24. The van der Waals surface area contributed by atoms with Crippen LogP contribution in [0.1, 0.15) is 61.7 Å². The van der Waals surface area contributed by atoms with Gasteiger partial charge in [0, 0.05) is 37.7 Å². The molecule has 2 aliphatic rings. The lowest BCUT2D eigenvalue weighted by Crippen LogP contribution is -2.43. The van der Waals surface area contributed by atoms with Gasteiger partial charge in [-0.3, -0.25) is 9.59 Å². The van der Waals surface area contributed by atoms with Crippen molar-refractivity contribution < 1.29 is 14.3 Å². The third kappa shape index (κ3) is 5.65. The minimum Gasteiger partial charge on any atom is -0.378 e. The van der Waals surface area contributed by atoms with E-state index in [-0.39, 0.29) is 17.7 Å². The summed E-state index contributed by atoms with van der Waals surface area (Å²) in [6, 6.07) is 13.9. The van der Waals surface area contributed by atoms with Gasteiger partial charge in [0.05, 0.1) is 6.10 Å². The van der Waals surface area contributed by atoms with Crippen LogP contribution in [0.3, 0.4) is 0 Å². The molecule has 5 heteroatoms. The van der Waals surface area contributed by atoms with Crippen LogP contribution in [0.2, 0.25) is 0 Å². The Morgan fingerprint density at radius 3 is 2.48 bits per heavy atom. The van der Waals surface area contributed by atoms with E-state index in [4.69, 9.17) is 4.74 Å². The monoisotopic (exact) mass is 422 g/mol. The Hall–Kier alpha value is -2.40. The predicted octanol–water partition coefficient (Wildman–Crippen LogP) is 4.55. The van der Waals surface area contributed by atoms with E-state index in [0.717, 1.165) is 42.2 Å². The first kappa shape index (κ1) is 21.8. The topological polar surface area (TPSA) is 58.6 Å². The second-order valence-corrected chi connectivity index (χ2v) is 8.87. The van der Waals surface area contributed by atoms with Gasteiger partial charge in [-0.25, -0.2) is 0 Å². The Balaban J connectivity index is 1.19. The predicted molar refractivity (Wildman–Crippen MR) is 123 cm³/mol. The zero-order chi connectivity index (χ0) is 21.5. The number of nitrogens with zero attached hydrogens (tertiary/aromatic N) is 1. The van der Waals surface area contributed by atoms with Gasteiger partial charge in [-0.15, -0.1) is 0 Å². The maximum atomic E-state index is 13.1. The van der Waals surface area contributed by atoms with E-state index >= 15 is 0 Å². The lowest BCUT2D eigenvalue weighted by atomic mass is 9.94. The Morgan fingerprint density at radius 1 is 0.935 bits per heavy atom. The number of hydrogen-bond donors (Lipinski definition) is 1. The number of amides is 2. The van der Waals surface area contributed by atoms with E-state index in [2.05, 4.69) is 5.32 Å². The van der Waals surface area contributed by atoms with Crippen molar-refractivity contribution in [3.05, 3.63) is 48.0 Å². The molecule has 2 aromatic rings. The van der Waals surface area contributed by atoms with Gasteiger partial charge >= 0.3 is 0 Å². The molecular weight excluding hydrogens is 388 g/mol. The summed E-state index contributed by atoms with van der Waals surface area (Å²) in [5, 5.41) is 5.14. The molecule has 0 bridgehead atoms. The second-order valence-electron chi connectivity index (χ2n) is 8.87. The van der Waals surface area contributed by atoms with Gasteiger partial charge in [0.25, 0.3) is 5.91 Å². The summed E-state index contributed by atoms with van der Waals surface area (Å²) >= 11 is 0. The molecule has 4 rings (SSSR count). The fraction of sp³-hybridized carbons (Fsp3) is 0.538. The van der Waals surface area contributed by atoms with Crippen LogP contribution in [0.25, 0.3) is 10.8 Å². The maximum Gasteiger partial charge on any atom is 0.254 e. The standard InChI is InChI=1S/C26H34N2O3/c29-25(27-16-7-19-31-22-10-2-1-3-11-22)21-14-17-28(18-15-21)26(30)24-13-6-9-20-8-4-5-12-23(20)24/h4-6,8-9,12-13,21-22H,1-3,7,10-11,14-19H2,(H,27,29). The number of carbonyl (C=O) groups is 2. The SMILES string of the molecule is O=C(NCCCOC1CCCCC1)C1CCN(C(=O)c2cccc3ccccc23)CC1. The largest absolute Gasteiger partial charge is 0.378 e. The van der Waals surface area contributed by atoms with Crippen molar-refractivity contribution >= 4 is 22.6 Å². The molecule has 2 amide bonds. The molecule has 0 unspecified atom stereocenters. The summed E-state index contributed by atoms with van der Waals surface area (Å²) < 4.78 is 5.93. The Kier molecular flexibility index (Phi) is 7.57. The maximum absolute atomic E-state index is 13.1. The van der Waals surface area contributed by atoms with Crippen molar-refractivity contribution in [2.75, 3.05) is 26.2 Å². The molecule has 1 aliphatic carbocycles. The van der Waals surface area contributed by atoms with Gasteiger partial charge in [0.15, 0.2) is 0 Å². The number of hydrogen-bond acceptors (Lipinski definition) is 3. The second kappa shape index (κ2) is 10.8. The molecule has 166 valence electrons. The highest BCUT2D eigenvalue weighted by Gasteiger charge is 2.28. The van der Waals surface area contributed by atoms with Crippen LogP contribution in [-0.4, -0.2) is 49.1 Å². The number of likely N-dealkylation sites (tertiary alicyclic amines) is 1. The quantitative estimate of drug-likeness (QED) is 0.666. The van der Waals surface area contributed by atoms with Crippen molar-refractivity contribution in [2.24, 2.45) is 5.92 Å². The molecule has 1 heterocycles. The minimum atomic E-state index is -0.00386. The van der Waals surface area contributed by atoms with Gasteiger partial charge in [0.1, 0.15) is 0 Å². The average Bonchev–Trinajstić information content (AvgIpc) is 2.83. The first-order valence-corrected chi connectivity index (χ1v) is 11.9. The van der Waals surface area contributed by atoms with Crippen molar-refractivity contribution in [1.29, 1.82) is 0 Å². The molecule has 0 atom stereocenters. The minimum absolute atomic E-state index is 0.00386. The van der Waals surface area contributed by atoms with Crippen LogP contribution in [0, 0.1) is 5.92 Å². The fourth-order valence-corrected chi connectivity index (χ4v) is 4.84. The third-order valence-corrected chi connectivity index (χ3v) is 6.70. The molecule has 31 heavy (non-hydrogen) atoms. The number of fused-ring (bicyclic) bond motifs is 1. The van der Waals surface area contributed by atoms with Crippen molar-refractivity contribution in [2.45, 2.75) is 57.5 Å². The molecule has 0 aromatic heterocycles. The zero-order valence-corrected chi connectivity index (χ0v) is 18.4. The number of carbonyl (C=O) groups excluding carboxylic acids is 2. The Labute approximate surface area is 185 Å². The first-order chi connectivity index (χ1) is 15.2. The van der Waals surface area contributed by atoms with Crippen LogP contribution >= 0.6 is 0 Å². The summed E-state index contributed by atoms with van der Waals surface area (Å²) in [7, 11) is 0. The summed E-state index contributed by atoms with van der Waals surface area (Å²) in [5.41, 5.74) is 0.749. The molecule has 1 saturated carbocycles. The van der Waals surface area contributed by atoms with Crippen molar-refractivity contribution in [1.82, 2.24) is 10.2 Å². The summed E-state index contributed by atoms with van der Waals surface area (Å²) in [4.78, 5) is 27.5. The van der Waals surface area contributed by atoms with Crippen molar-refractivity contribution in [3.8, 4) is 0 Å². The first-order valence-electron chi connectivity index (χ1n) is 11.9. The van der Waals surface area contributed by atoms with E-state index in [9.17, 15) is 9.59 Å². The number of nitrogens with one attached hydrogen (secondary N) is 1. The van der Waals surface area contributed by atoms with Crippen LogP contribution in [0.5, 0.6) is 0 Å². The molecule has 2 aromatic carbocycles. The van der Waals surface area contributed by atoms with Gasteiger partial charge in [-0.05, 0) is 48.9 Å². The highest BCUT2D eigenvalue weighted by molar-refractivity contribution is 6.07. The molecule has 0 radical (unpaired) electrons. The molecule has 1 N–H and O–H groups in total. The van der Waals surface area contributed by atoms with Crippen LogP contribution < -0.4 is 5.32 Å². The smallest absolute Gasteiger partial charge is 0.254 e.